The van der Waals surface area contributed by atoms with Gasteiger partial charge >= 0.3 is 30.3 Å². The summed E-state index contributed by atoms with van der Waals surface area (Å²) in [5.74, 6) is -7.13. The highest BCUT2D eigenvalue weighted by Crippen LogP contribution is 2.24. The Morgan fingerprint density at radius 1 is 0.800 bits per heavy atom. The number of ether oxygens (including phenoxy) is 3. The molecule has 1 rings (SSSR count). The second-order valence-electron chi connectivity index (χ2n) is 4.15. The predicted molar refractivity (Wildman–Crippen MR) is 65.4 cm³/mol. The average molecular weight is 374 g/mol. The molecule has 0 spiro atoms. The zero-order valence-electron chi connectivity index (χ0n) is 11.9. The van der Waals surface area contributed by atoms with Crippen LogP contribution in [0.5, 0.6) is 5.75 Å². The molecule has 0 aliphatic rings. The Morgan fingerprint density at radius 2 is 1.32 bits per heavy atom. The molecule has 0 heterocycles. The summed E-state index contributed by atoms with van der Waals surface area (Å²) >= 11 is 0. The van der Waals surface area contributed by atoms with Gasteiger partial charge in [-0.05, 0) is 12.1 Å². The van der Waals surface area contributed by atoms with E-state index in [1.807, 2.05) is 0 Å². The first kappa shape index (κ1) is 20.3. The van der Waals surface area contributed by atoms with Crippen molar-refractivity contribution < 1.29 is 54.9 Å². The molecule has 0 radical (unpaired) electrons. The molecule has 0 bridgehead atoms. The molecule has 12 heteroatoms. The lowest BCUT2D eigenvalue weighted by atomic mass is 10.2. The Balaban J connectivity index is 2.65. The lowest BCUT2D eigenvalue weighted by molar-refractivity contribution is -0.200. The summed E-state index contributed by atoms with van der Waals surface area (Å²) in [4.78, 5) is 32.9. The van der Waals surface area contributed by atoms with Gasteiger partial charge in [-0.3, -0.25) is 0 Å². The molecular formula is C13H8F6O6. The number of hydrogen-bond donors (Lipinski definition) is 0. The molecule has 25 heavy (non-hydrogen) atoms. The predicted octanol–water partition coefficient (Wildman–Crippen LogP) is 2.42. The van der Waals surface area contributed by atoms with Crippen LogP contribution in [0.1, 0.15) is 10.4 Å². The van der Waals surface area contributed by atoms with E-state index in [-0.39, 0.29) is 0 Å². The molecule has 0 amide bonds. The van der Waals surface area contributed by atoms with Crippen LogP contribution in [0.3, 0.4) is 0 Å². The van der Waals surface area contributed by atoms with Crippen molar-refractivity contribution in [1.29, 1.82) is 0 Å². The quantitative estimate of drug-likeness (QED) is 0.341. The van der Waals surface area contributed by atoms with Gasteiger partial charge in [0.05, 0.1) is 0 Å². The Kier molecular flexibility index (Phi) is 6.36. The minimum absolute atomic E-state index is 0.581. The zero-order valence-corrected chi connectivity index (χ0v) is 11.9. The fourth-order valence-electron chi connectivity index (χ4n) is 1.31. The first-order valence-electron chi connectivity index (χ1n) is 6.22. The summed E-state index contributed by atoms with van der Waals surface area (Å²) in [7, 11) is 0. The van der Waals surface area contributed by atoms with Gasteiger partial charge in [-0.15, -0.1) is 0 Å². The van der Waals surface area contributed by atoms with E-state index in [9.17, 15) is 40.7 Å². The van der Waals surface area contributed by atoms with Crippen LogP contribution < -0.4 is 4.74 Å². The van der Waals surface area contributed by atoms with Gasteiger partial charge in [0, 0.05) is 0 Å². The highest BCUT2D eigenvalue weighted by molar-refractivity contribution is 5.93. The average Bonchev–Trinajstić information content (AvgIpc) is 2.49. The third-order valence-corrected chi connectivity index (χ3v) is 2.32. The molecule has 0 N–H and O–H groups in total. The Bertz CT molecular complexity index is 651. The summed E-state index contributed by atoms with van der Waals surface area (Å²) in [6.45, 7) is -1.74. The van der Waals surface area contributed by atoms with E-state index in [2.05, 4.69) is 14.2 Å². The fraction of sp³-hybridized carbons (Fsp3) is 0.308. The van der Waals surface area contributed by atoms with E-state index in [1.54, 1.807) is 0 Å². The summed E-state index contributed by atoms with van der Waals surface area (Å²) in [5, 5.41) is 0. The van der Waals surface area contributed by atoms with Gasteiger partial charge in [-0.1, -0.05) is 12.1 Å². The first-order chi connectivity index (χ1) is 11.4. The Morgan fingerprint density at radius 3 is 1.88 bits per heavy atom. The minimum atomic E-state index is -5.30. The number of para-hydroxylation sites is 1. The monoisotopic (exact) mass is 374 g/mol. The molecule has 0 atom stereocenters. The molecule has 0 fully saturated rings. The van der Waals surface area contributed by atoms with E-state index in [4.69, 9.17) is 0 Å². The van der Waals surface area contributed by atoms with Gasteiger partial charge in [0.25, 0.3) is 0 Å². The van der Waals surface area contributed by atoms with E-state index in [1.165, 1.54) is 12.1 Å². The van der Waals surface area contributed by atoms with Crippen molar-refractivity contribution in [2.45, 2.75) is 12.4 Å². The molecule has 0 saturated carbocycles. The van der Waals surface area contributed by atoms with Gasteiger partial charge in [-0.2, -0.15) is 26.3 Å². The molecule has 0 aromatic heterocycles. The molecule has 0 aliphatic heterocycles. The number of rotatable bonds is 5. The van der Waals surface area contributed by atoms with E-state index >= 15 is 0 Å². The highest BCUT2D eigenvalue weighted by Gasteiger charge is 2.42. The number of esters is 3. The first-order valence-corrected chi connectivity index (χ1v) is 6.22. The van der Waals surface area contributed by atoms with Crippen LogP contribution in [0.25, 0.3) is 0 Å². The molecule has 6 nitrogen and oxygen atoms in total. The standard InChI is InChI=1S/C13H8F6O6/c14-12(15,16)10(21)24-6-5-23-9(20)7-3-1-2-4-8(7)25-11(22)13(17,18)19/h1-4H,5-6H2. The minimum Gasteiger partial charge on any atom is -0.458 e. The van der Waals surface area contributed by atoms with Crippen molar-refractivity contribution in [3.05, 3.63) is 29.8 Å². The van der Waals surface area contributed by atoms with E-state index in [0.29, 0.717) is 0 Å². The van der Waals surface area contributed by atoms with E-state index in [0.717, 1.165) is 12.1 Å². The summed E-state index contributed by atoms with van der Waals surface area (Å²) < 4.78 is 84.2. The van der Waals surface area contributed by atoms with Crippen LogP contribution in [-0.2, 0) is 19.1 Å². The molecule has 0 aliphatic carbocycles. The Labute approximate surface area is 135 Å². The number of hydrogen-bond acceptors (Lipinski definition) is 6. The lowest BCUT2D eigenvalue weighted by Crippen LogP contribution is -2.29. The van der Waals surface area contributed by atoms with E-state index < -0.39 is 54.8 Å². The summed E-state index contributed by atoms with van der Waals surface area (Å²) in [5.41, 5.74) is -0.581. The number of alkyl halides is 6. The molecular weight excluding hydrogens is 366 g/mol. The van der Waals surface area contributed by atoms with Crippen molar-refractivity contribution in [2.75, 3.05) is 13.2 Å². The maximum absolute atomic E-state index is 12.2. The fourth-order valence-corrected chi connectivity index (χ4v) is 1.31. The number of halogens is 6. The van der Waals surface area contributed by atoms with Crippen LogP contribution in [0, 0.1) is 0 Å². The van der Waals surface area contributed by atoms with Crippen molar-refractivity contribution in [1.82, 2.24) is 0 Å². The Hall–Kier alpha value is -2.79. The van der Waals surface area contributed by atoms with Gasteiger partial charge in [0.15, 0.2) is 0 Å². The summed E-state index contributed by atoms with van der Waals surface area (Å²) in [6, 6.07) is 4.22. The lowest BCUT2D eigenvalue weighted by Gasteiger charge is -2.11. The van der Waals surface area contributed by atoms with Crippen LogP contribution in [0.2, 0.25) is 0 Å². The molecule has 0 saturated heterocycles. The normalized spacial score (nSPS) is 11.6. The smallest absolute Gasteiger partial charge is 0.458 e. The van der Waals surface area contributed by atoms with Gasteiger partial charge in [-0.25, -0.2) is 14.4 Å². The molecule has 138 valence electrons. The topological polar surface area (TPSA) is 78.9 Å². The number of carbonyl (C=O) groups is 3. The van der Waals surface area contributed by atoms with Gasteiger partial charge in [0.1, 0.15) is 24.5 Å². The highest BCUT2D eigenvalue weighted by atomic mass is 19.4. The van der Waals surface area contributed by atoms with Crippen molar-refractivity contribution >= 4 is 17.9 Å². The third kappa shape index (κ3) is 6.31. The van der Waals surface area contributed by atoms with Gasteiger partial charge < -0.3 is 14.2 Å². The zero-order chi connectivity index (χ0) is 19.3. The summed E-state index contributed by atoms with van der Waals surface area (Å²) in [6.07, 6.45) is -10.5. The molecule has 0 unspecified atom stereocenters. The number of benzene rings is 1. The van der Waals surface area contributed by atoms with Gasteiger partial charge in [0.2, 0.25) is 0 Å². The van der Waals surface area contributed by atoms with Crippen LogP contribution in [0.15, 0.2) is 24.3 Å². The van der Waals surface area contributed by atoms with Crippen molar-refractivity contribution in [3.8, 4) is 5.75 Å². The third-order valence-electron chi connectivity index (χ3n) is 2.32. The second-order valence-corrected chi connectivity index (χ2v) is 4.15. The maximum Gasteiger partial charge on any atom is 0.491 e. The SMILES string of the molecule is O=C(OCCOC(=O)C(F)(F)F)c1ccccc1OC(=O)C(F)(F)F. The van der Waals surface area contributed by atoms with Crippen molar-refractivity contribution in [2.24, 2.45) is 0 Å². The van der Waals surface area contributed by atoms with Crippen LogP contribution in [-0.4, -0.2) is 43.5 Å². The van der Waals surface area contributed by atoms with Crippen molar-refractivity contribution in [3.63, 3.8) is 0 Å². The molecule has 1 aromatic carbocycles. The molecule has 1 aromatic rings. The van der Waals surface area contributed by atoms with Crippen LogP contribution in [0.4, 0.5) is 26.3 Å². The maximum atomic E-state index is 12.2. The second kappa shape index (κ2) is 7.85. The largest absolute Gasteiger partial charge is 0.491 e. The van der Waals surface area contributed by atoms with Crippen LogP contribution >= 0.6 is 0 Å². The number of carbonyl (C=O) groups excluding carboxylic acids is 3.